The number of rotatable bonds is 10. The van der Waals surface area contributed by atoms with Crippen molar-refractivity contribution >= 4 is 37.3 Å². The van der Waals surface area contributed by atoms with E-state index >= 15 is 4.11 Å². The number of aliphatic hydroxyl groups excluding tert-OH is 1. The molecule has 4 atom stereocenters. The van der Waals surface area contributed by atoms with E-state index < -0.39 is 31.6 Å². The fourth-order valence-electron chi connectivity index (χ4n) is 6.48. The lowest BCUT2D eigenvalue weighted by Gasteiger charge is -2.31. The van der Waals surface area contributed by atoms with Crippen molar-refractivity contribution in [3.63, 3.8) is 0 Å². The van der Waals surface area contributed by atoms with Crippen molar-refractivity contribution in [2.45, 2.75) is 77.3 Å². The van der Waals surface area contributed by atoms with Gasteiger partial charge in [0.05, 0.1) is 11.8 Å². The van der Waals surface area contributed by atoms with Gasteiger partial charge >= 0.3 is 0 Å². The van der Waals surface area contributed by atoms with Gasteiger partial charge in [-0.25, -0.2) is 0 Å². The van der Waals surface area contributed by atoms with Gasteiger partial charge in [-0.1, -0.05) is 30.2 Å². The molecule has 42 heavy (non-hydrogen) atoms. The van der Waals surface area contributed by atoms with E-state index in [1.165, 1.54) is 11.1 Å². The summed E-state index contributed by atoms with van der Waals surface area (Å²) < 4.78 is 22.4. The number of allylic oxidation sites excluding steroid dienone is 3. The Morgan fingerprint density at radius 2 is 1.86 bits per heavy atom. The van der Waals surface area contributed by atoms with Gasteiger partial charge in [0.15, 0.2) is 5.60 Å². The van der Waals surface area contributed by atoms with Crippen LogP contribution in [0.3, 0.4) is 0 Å². The molecule has 0 unspecified atom stereocenters. The zero-order valence-corrected chi connectivity index (χ0v) is 26.5. The van der Waals surface area contributed by atoms with Gasteiger partial charge in [-0.2, -0.15) is 0 Å². The highest BCUT2D eigenvalue weighted by molar-refractivity contribution is 6.72. The summed E-state index contributed by atoms with van der Waals surface area (Å²) in [5.41, 5.74) is 9.13. The predicted molar refractivity (Wildman–Crippen MR) is 170 cm³/mol. The molecule has 9 heteroatoms. The van der Waals surface area contributed by atoms with Gasteiger partial charge in [-0.15, -0.1) is 0 Å². The van der Waals surface area contributed by atoms with Crippen LogP contribution in [0.15, 0.2) is 65.8 Å². The van der Waals surface area contributed by atoms with Crippen molar-refractivity contribution < 1.29 is 23.5 Å². The van der Waals surface area contributed by atoms with E-state index in [-0.39, 0.29) is 24.8 Å². The number of anilines is 3. The van der Waals surface area contributed by atoms with Crippen LogP contribution < -0.4 is 16.0 Å². The molecular formula is C33H44FN3O4Si. The highest BCUT2D eigenvalue weighted by Crippen LogP contribution is 2.60. The minimum atomic E-state index is -3.31. The van der Waals surface area contributed by atoms with Crippen molar-refractivity contribution in [2.75, 3.05) is 29.1 Å². The first kappa shape index (κ1) is 31.7. The van der Waals surface area contributed by atoms with E-state index in [4.69, 9.17) is 10.5 Å². The SMILES string of the molecule is CC(C)=CCC/C(C)=C/CN1C(=O)[C@]2(O[C@H](CCO)[C@@H]([Si](C)(C)F)[C@@H]2C)c2cc(NC(=O)c3ccc(N)cc3)ccc21. The fraction of sp³-hybridized carbons (Fsp3) is 0.455. The van der Waals surface area contributed by atoms with E-state index in [2.05, 4.69) is 38.2 Å². The number of halogens is 1. The Kier molecular flexibility index (Phi) is 9.45. The average Bonchev–Trinajstić information content (AvgIpc) is 3.34. The average molecular weight is 594 g/mol. The maximum absolute atomic E-state index is 15.8. The molecule has 2 heterocycles. The Bertz CT molecular complexity index is 1380. The van der Waals surface area contributed by atoms with Crippen LogP contribution in [-0.2, 0) is 15.1 Å². The number of carbonyl (C=O) groups excluding carboxylic acids is 2. The molecule has 2 aromatic rings. The summed E-state index contributed by atoms with van der Waals surface area (Å²) in [6.07, 6.45) is 5.72. The summed E-state index contributed by atoms with van der Waals surface area (Å²) in [6, 6.07) is 12.0. The first-order valence-corrected chi connectivity index (χ1v) is 17.6. The third-order valence-corrected chi connectivity index (χ3v) is 11.0. The van der Waals surface area contributed by atoms with Crippen LogP contribution in [0.2, 0.25) is 18.6 Å². The van der Waals surface area contributed by atoms with Crippen molar-refractivity contribution in [2.24, 2.45) is 5.92 Å². The molecule has 0 saturated carbocycles. The molecular weight excluding hydrogens is 549 g/mol. The highest BCUT2D eigenvalue weighted by Gasteiger charge is 2.66. The third kappa shape index (κ3) is 6.23. The zero-order chi connectivity index (χ0) is 30.8. The summed E-state index contributed by atoms with van der Waals surface area (Å²) in [5, 5.41) is 12.7. The van der Waals surface area contributed by atoms with Gasteiger partial charge in [-0.3, -0.25) is 9.59 Å². The largest absolute Gasteiger partial charge is 0.399 e. The number of benzene rings is 2. The molecule has 4 N–H and O–H groups in total. The summed E-state index contributed by atoms with van der Waals surface area (Å²) >= 11 is 0. The van der Waals surface area contributed by atoms with E-state index in [9.17, 15) is 14.7 Å². The number of aliphatic hydroxyl groups is 1. The van der Waals surface area contributed by atoms with E-state index in [1.807, 2.05) is 13.0 Å². The standard InChI is InChI=1S/C33H44FN3O4Si/c1-21(2)8-7-9-22(3)16-18-37-28-15-14-26(36-31(39)24-10-12-25(35)13-11-24)20-27(28)33(32(37)40)23(4)30(42(5,6)34)29(41-33)17-19-38/h8,10-16,20,23,29-30,38H,7,9,17-19,35H2,1-6H3,(H,36,39)/b22-16+/t23-,29+,30-,33+/m0/s1. The molecule has 2 amide bonds. The Hall–Kier alpha value is -3.27. The number of nitrogens with one attached hydrogen (secondary N) is 1. The van der Waals surface area contributed by atoms with E-state index in [0.29, 0.717) is 34.7 Å². The minimum Gasteiger partial charge on any atom is -0.399 e. The zero-order valence-electron chi connectivity index (χ0n) is 25.5. The number of nitrogens with zero attached hydrogens (tertiary/aromatic N) is 1. The van der Waals surface area contributed by atoms with Crippen molar-refractivity contribution in [3.8, 4) is 0 Å². The van der Waals surface area contributed by atoms with Gasteiger partial charge in [0.2, 0.25) is 8.41 Å². The summed E-state index contributed by atoms with van der Waals surface area (Å²) in [5.74, 6) is -1.01. The van der Waals surface area contributed by atoms with Gasteiger partial charge in [-0.05, 0) is 95.6 Å². The van der Waals surface area contributed by atoms with Gasteiger partial charge in [0, 0.05) is 47.1 Å². The number of amides is 2. The molecule has 0 radical (unpaired) electrons. The number of ether oxygens (including phenoxy) is 1. The second kappa shape index (κ2) is 12.5. The number of nitrogen functional groups attached to an aromatic ring is 1. The lowest BCUT2D eigenvalue weighted by molar-refractivity contribution is -0.146. The van der Waals surface area contributed by atoms with Crippen molar-refractivity contribution in [3.05, 3.63) is 76.9 Å². The minimum absolute atomic E-state index is 0.162. The molecule has 1 saturated heterocycles. The van der Waals surface area contributed by atoms with Crippen LogP contribution in [0, 0.1) is 5.92 Å². The number of nitrogens with two attached hydrogens (primary N) is 1. The summed E-state index contributed by atoms with van der Waals surface area (Å²) in [6.45, 7) is 11.6. The Morgan fingerprint density at radius 1 is 1.17 bits per heavy atom. The lowest BCUT2D eigenvalue weighted by atomic mass is 9.82. The van der Waals surface area contributed by atoms with Crippen LogP contribution in [0.5, 0.6) is 0 Å². The number of fused-ring (bicyclic) bond motifs is 2. The van der Waals surface area contributed by atoms with Crippen LogP contribution in [-0.4, -0.2) is 44.6 Å². The van der Waals surface area contributed by atoms with E-state index in [1.54, 1.807) is 54.4 Å². The van der Waals surface area contributed by atoms with Crippen molar-refractivity contribution in [1.29, 1.82) is 0 Å². The molecule has 2 aromatic carbocycles. The van der Waals surface area contributed by atoms with Crippen LogP contribution in [0.4, 0.5) is 21.2 Å². The maximum atomic E-state index is 15.8. The highest BCUT2D eigenvalue weighted by atomic mass is 28.4. The molecule has 2 aliphatic heterocycles. The normalized spacial score (nSPS) is 23.8. The topological polar surface area (TPSA) is 105 Å². The van der Waals surface area contributed by atoms with Crippen LogP contribution in [0.1, 0.15) is 62.9 Å². The molecule has 226 valence electrons. The van der Waals surface area contributed by atoms with Gasteiger partial charge < -0.3 is 29.9 Å². The summed E-state index contributed by atoms with van der Waals surface area (Å²) in [4.78, 5) is 29.1. The smallest absolute Gasteiger partial charge is 0.264 e. The first-order valence-electron chi connectivity index (χ1n) is 14.7. The van der Waals surface area contributed by atoms with Gasteiger partial charge in [0.25, 0.3) is 11.8 Å². The Labute approximate surface area is 249 Å². The molecule has 4 rings (SSSR count). The monoisotopic (exact) mass is 593 g/mol. The molecule has 1 spiro atoms. The molecule has 7 nitrogen and oxygen atoms in total. The quantitative estimate of drug-likeness (QED) is 0.123. The molecule has 1 fully saturated rings. The molecule has 0 aromatic heterocycles. The first-order chi connectivity index (χ1) is 19.8. The second-order valence-electron chi connectivity index (χ2n) is 12.4. The number of hydrogen-bond acceptors (Lipinski definition) is 5. The lowest BCUT2D eigenvalue weighted by Crippen LogP contribution is -2.45. The number of carbonyl (C=O) groups is 2. The maximum Gasteiger partial charge on any atom is 0.264 e. The predicted octanol–water partition coefficient (Wildman–Crippen LogP) is 6.72. The molecule has 0 aliphatic carbocycles. The van der Waals surface area contributed by atoms with Crippen LogP contribution >= 0.6 is 0 Å². The molecule has 0 bridgehead atoms. The Morgan fingerprint density at radius 3 is 2.48 bits per heavy atom. The van der Waals surface area contributed by atoms with Crippen LogP contribution in [0.25, 0.3) is 0 Å². The third-order valence-electron chi connectivity index (χ3n) is 8.52. The summed E-state index contributed by atoms with van der Waals surface area (Å²) in [7, 11) is -3.31. The fourth-order valence-corrected chi connectivity index (χ4v) is 9.02. The van der Waals surface area contributed by atoms with Gasteiger partial charge in [0.1, 0.15) is 0 Å². The second-order valence-corrected chi connectivity index (χ2v) is 16.2. The molecule has 2 aliphatic rings. The van der Waals surface area contributed by atoms with E-state index in [0.717, 1.165) is 12.8 Å². The number of hydrogen-bond donors (Lipinski definition) is 3. The Balaban J connectivity index is 1.74. The van der Waals surface area contributed by atoms with Crippen molar-refractivity contribution in [1.82, 2.24) is 0 Å².